The van der Waals surface area contributed by atoms with E-state index in [9.17, 15) is 0 Å². The SMILES string of the molecule is C[C@@H]1COCCN1c1cc([C@H]2CC[C@]3(CCCO3)CC2)c2cnn(-c3cc[nH]n3)c2n1. The van der Waals surface area contributed by atoms with E-state index in [0.717, 1.165) is 74.7 Å². The summed E-state index contributed by atoms with van der Waals surface area (Å²) >= 11 is 0. The number of ether oxygens (including phenoxy) is 2. The summed E-state index contributed by atoms with van der Waals surface area (Å²) < 4.78 is 13.7. The van der Waals surface area contributed by atoms with Gasteiger partial charge < -0.3 is 14.4 Å². The lowest BCUT2D eigenvalue weighted by molar-refractivity contribution is -0.0280. The first-order valence-electron chi connectivity index (χ1n) is 11.6. The minimum absolute atomic E-state index is 0.142. The monoisotopic (exact) mass is 422 g/mol. The molecule has 1 spiro atoms. The summed E-state index contributed by atoms with van der Waals surface area (Å²) in [7, 11) is 0. The molecule has 1 N–H and O–H groups in total. The van der Waals surface area contributed by atoms with E-state index in [4.69, 9.17) is 14.5 Å². The molecule has 31 heavy (non-hydrogen) atoms. The molecule has 1 aliphatic carbocycles. The van der Waals surface area contributed by atoms with Crippen LogP contribution in [-0.4, -0.2) is 63.0 Å². The fourth-order valence-corrected chi connectivity index (χ4v) is 5.71. The van der Waals surface area contributed by atoms with Crippen LogP contribution in [0.4, 0.5) is 5.82 Å². The molecule has 1 atom stereocenters. The van der Waals surface area contributed by atoms with Crippen LogP contribution in [0.15, 0.2) is 24.5 Å². The largest absolute Gasteiger partial charge is 0.377 e. The van der Waals surface area contributed by atoms with Gasteiger partial charge in [-0.2, -0.15) is 14.9 Å². The van der Waals surface area contributed by atoms with Gasteiger partial charge in [-0.05, 0) is 63.0 Å². The number of anilines is 1. The zero-order chi connectivity index (χ0) is 20.8. The normalized spacial score (nSPS) is 29.3. The second-order valence-corrected chi connectivity index (χ2v) is 9.32. The molecule has 3 aliphatic rings. The lowest BCUT2D eigenvalue weighted by Crippen LogP contribution is -2.44. The average Bonchev–Trinajstić information content (AvgIpc) is 3.55. The molecule has 164 valence electrons. The van der Waals surface area contributed by atoms with Crippen LogP contribution in [0.2, 0.25) is 0 Å². The van der Waals surface area contributed by atoms with Crippen LogP contribution < -0.4 is 4.90 Å². The summed E-state index contributed by atoms with van der Waals surface area (Å²) in [6.07, 6.45) is 10.8. The molecule has 0 radical (unpaired) electrons. The molecule has 8 nitrogen and oxygen atoms in total. The second kappa shape index (κ2) is 7.60. The number of aromatic nitrogens is 5. The predicted molar refractivity (Wildman–Crippen MR) is 118 cm³/mol. The first-order valence-corrected chi connectivity index (χ1v) is 11.6. The molecule has 0 bridgehead atoms. The standard InChI is InChI=1S/C23H30N6O2/c1-16-15-30-12-10-28(16)21-13-18(17-3-7-23(8-4-17)6-2-11-31-23)19-14-25-29(22(19)26-21)20-5-9-24-27-20/h5,9,13-14,16-17H,2-4,6-8,10-12,15H2,1H3,(H,24,27)/t16-,17-,23+/m1/s1. The molecule has 2 aliphatic heterocycles. The molecule has 5 heterocycles. The quantitative estimate of drug-likeness (QED) is 0.695. The lowest BCUT2D eigenvalue weighted by atomic mass is 9.74. The van der Waals surface area contributed by atoms with E-state index in [0.29, 0.717) is 12.0 Å². The van der Waals surface area contributed by atoms with Crippen LogP contribution in [0.1, 0.15) is 56.9 Å². The smallest absolute Gasteiger partial charge is 0.177 e. The summed E-state index contributed by atoms with van der Waals surface area (Å²) in [5.41, 5.74) is 2.40. The molecular formula is C23H30N6O2. The molecule has 0 aromatic carbocycles. The van der Waals surface area contributed by atoms with E-state index in [1.165, 1.54) is 18.4 Å². The first kappa shape index (κ1) is 19.3. The van der Waals surface area contributed by atoms with Crippen LogP contribution in [0.25, 0.3) is 16.9 Å². The Labute approximate surface area is 181 Å². The fourth-order valence-electron chi connectivity index (χ4n) is 5.71. The van der Waals surface area contributed by atoms with Gasteiger partial charge in [0.05, 0.1) is 31.1 Å². The molecule has 6 rings (SSSR count). The number of nitrogens with zero attached hydrogens (tertiary/aromatic N) is 5. The minimum atomic E-state index is 0.142. The van der Waals surface area contributed by atoms with Crippen molar-refractivity contribution in [1.82, 2.24) is 25.0 Å². The van der Waals surface area contributed by atoms with Crippen molar-refractivity contribution in [2.24, 2.45) is 0 Å². The van der Waals surface area contributed by atoms with Gasteiger partial charge in [0.25, 0.3) is 0 Å². The summed E-state index contributed by atoms with van der Waals surface area (Å²) in [5.74, 6) is 2.29. The number of fused-ring (bicyclic) bond motifs is 1. The molecule has 3 fully saturated rings. The van der Waals surface area contributed by atoms with Gasteiger partial charge in [0, 0.05) is 30.8 Å². The Morgan fingerprint density at radius 3 is 2.81 bits per heavy atom. The Hall–Kier alpha value is -2.45. The number of nitrogens with one attached hydrogen (secondary N) is 1. The van der Waals surface area contributed by atoms with E-state index in [1.807, 2.05) is 23.1 Å². The van der Waals surface area contributed by atoms with E-state index in [-0.39, 0.29) is 5.60 Å². The Balaban J connectivity index is 1.42. The van der Waals surface area contributed by atoms with Crippen molar-refractivity contribution < 1.29 is 9.47 Å². The molecule has 3 aromatic rings. The Kier molecular flexibility index (Phi) is 4.72. The Morgan fingerprint density at radius 2 is 2.06 bits per heavy atom. The highest BCUT2D eigenvalue weighted by Crippen LogP contribution is 2.46. The predicted octanol–water partition coefficient (Wildman–Crippen LogP) is 3.58. The third-order valence-corrected chi connectivity index (χ3v) is 7.45. The van der Waals surface area contributed by atoms with Crippen molar-refractivity contribution >= 4 is 16.9 Å². The van der Waals surface area contributed by atoms with Gasteiger partial charge in [-0.3, -0.25) is 5.10 Å². The molecule has 8 heteroatoms. The highest BCUT2D eigenvalue weighted by atomic mass is 16.5. The van der Waals surface area contributed by atoms with E-state index in [2.05, 4.69) is 33.2 Å². The van der Waals surface area contributed by atoms with Gasteiger partial charge in [0.1, 0.15) is 5.82 Å². The first-order chi connectivity index (χ1) is 15.2. The maximum atomic E-state index is 6.18. The molecule has 1 saturated carbocycles. The van der Waals surface area contributed by atoms with Gasteiger partial charge in [0.2, 0.25) is 0 Å². The number of hydrogen-bond acceptors (Lipinski definition) is 6. The second-order valence-electron chi connectivity index (χ2n) is 9.32. The summed E-state index contributed by atoms with van der Waals surface area (Å²) in [4.78, 5) is 7.46. The van der Waals surface area contributed by atoms with Crippen LogP contribution in [0, 0.1) is 0 Å². The molecule has 2 saturated heterocycles. The fraction of sp³-hybridized carbons (Fsp3) is 0.609. The van der Waals surface area contributed by atoms with Crippen LogP contribution in [0.3, 0.4) is 0 Å². The number of aromatic amines is 1. The zero-order valence-corrected chi connectivity index (χ0v) is 18.1. The Bertz CT molecular complexity index is 1050. The van der Waals surface area contributed by atoms with Crippen LogP contribution >= 0.6 is 0 Å². The Morgan fingerprint density at radius 1 is 1.16 bits per heavy atom. The molecule has 0 amide bonds. The average molecular weight is 423 g/mol. The van der Waals surface area contributed by atoms with Gasteiger partial charge in [-0.1, -0.05) is 0 Å². The maximum Gasteiger partial charge on any atom is 0.177 e. The van der Waals surface area contributed by atoms with Crippen LogP contribution in [0.5, 0.6) is 0 Å². The number of rotatable bonds is 3. The van der Waals surface area contributed by atoms with Crippen molar-refractivity contribution in [1.29, 1.82) is 0 Å². The van der Waals surface area contributed by atoms with E-state index in [1.54, 1.807) is 0 Å². The lowest BCUT2D eigenvalue weighted by Gasteiger charge is -2.38. The van der Waals surface area contributed by atoms with Crippen LogP contribution in [-0.2, 0) is 9.47 Å². The van der Waals surface area contributed by atoms with Crippen molar-refractivity contribution in [3.8, 4) is 5.82 Å². The zero-order valence-electron chi connectivity index (χ0n) is 18.1. The van der Waals surface area contributed by atoms with Gasteiger partial charge in [-0.15, -0.1) is 0 Å². The molecular weight excluding hydrogens is 392 g/mol. The van der Waals surface area contributed by atoms with Crippen molar-refractivity contribution in [3.63, 3.8) is 0 Å². The van der Waals surface area contributed by atoms with Gasteiger partial charge in [0.15, 0.2) is 11.5 Å². The highest BCUT2D eigenvalue weighted by Gasteiger charge is 2.39. The van der Waals surface area contributed by atoms with Gasteiger partial charge >= 0.3 is 0 Å². The number of morpholine rings is 1. The van der Waals surface area contributed by atoms with E-state index >= 15 is 0 Å². The highest BCUT2D eigenvalue weighted by molar-refractivity contribution is 5.83. The van der Waals surface area contributed by atoms with Crippen molar-refractivity contribution in [2.45, 2.75) is 63.0 Å². The summed E-state index contributed by atoms with van der Waals surface area (Å²) in [6, 6.07) is 4.55. The summed E-state index contributed by atoms with van der Waals surface area (Å²) in [6.45, 7) is 5.47. The number of H-pyrrole nitrogens is 1. The number of hydrogen-bond donors (Lipinski definition) is 1. The third kappa shape index (κ3) is 3.32. The molecule has 3 aromatic heterocycles. The third-order valence-electron chi connectivity index (χ3n) is 7.45. The van der Waals surface area contributed by atoms with Crippen molar-refractivity contribution in [3.05, 3.63) is 30.1 Å². The van der Waals surface area contributed by atoms with E-state index < -0.39 is 0 Å². The topological polar surface area (TPSA) is 81.1 Å². The maximum absolute atomic E-state index is 6.18. The summed E-state index contributed by atoms with van der Waals surface area (Å²) in [5, 5.41) is 13.0. The van der Waals surface area contributed by atoms with Crippen molar-refractivity contribution in [2.75, 3.05) is 31.3 Å². The van der Waals surface area contributed by atoms with Gasteiger partial charge in [-0.25, -0.2) is 4.98 Å². The minimum Gasteiger partial charge on any atom is -0.377 e. The number of pyridine rings is 1. The molecule has 0 unspecified atom stereocenters.